The second-order valence-corrected chi connectivity index (χ2v) is 6.26. The minimum Gasteiger partial charge on any atom is -0.353 e. The van der Waals surface area contributed by atoms with Gasteiger partial charge in [0, 0.05) is 48.6 Å². The van der Waals surface area contributed by atoms with Crippen molar-refractivity contribution in [3.05, 3.63) is 40.5 Å². The van der Waals surface area contributed by atoms with Crippen LogP contribution in [-0.2, 0) is 4.79 Å². The molecule has 0 spiro atoms. The molecule has 2 aromatic rings. The minimum atomic E-state index is 0.549. The highest BCUT2D eigenvalue weighted by Crippen LogP contribution is 2.26. The van der Waals surface area contributed by atoms with Crippen molar-refractivity contribution in [1.82, 2.24) is 14.9 Å². The number of piperazine rings is 1. The largest absolute Gasteiger partial charge is 0.353 e. The van der Waals surface area contributed by atoms with E-state index in [0.29, 0.717) is 24.1 Å². The molecule has 0 saturated carbocycles. The number of nitrogens with one attached hydrogen (secondary N) is 1. The number of hydrogen-bond donors (Lipinski definition) is 1. The maximum atomic E-state index is 10.8. The monoisotopic (exact) mass is 345 g/mol. The van der Waals surface area contributed by atoms with E-state index in [4.69, 9.17) is 11.6 Å². The number of anilines is 3. The summed E-state index contributed by atoms with van der Waals surface area (Å²) >= 11 is 6.17. The number of hydrogen-bond acceptors (Lipinski definition) is 5. The molecule has 1 amide bonds. The number of amides is 1. The summed E-state index contributed by atoms with van der Waals surface area (Å²) in [5.74, 6) is 1.42. The van der Waals surface area contributed by atoms with Crippen molar-refractivity contribution in [2.24, 2.45) is 0 Å². The van der Waals surface area contributed by atoms with E-state index >= 15 is 0 Å². The van der Waals surface area contributed by atoms with Crippen LogP contribution in [0, 0.1) is 13.8 Å². The van der Waals surface area contributed by atoms with Gasteiger partial charge in [0.25, 0.3) is 0 Å². The van der Waals surface area contributed by atoms with Crippen molar-refractivity contribution >= 4 is 35.5 Å². The number of rotatable bonds is 4. The standard InChI is InChI=1S/C17H20ClN5O/c1-12-10-16(23-8-6-22(11-24)7-9-23)21-17(19-12)20-15-5-3-4-14(18)13(15)2/h3-5,10-11H,6-9H2,1-2H3,(H,19,20,21). The third-order valence-electron chi connectivity index (χ3n) is 4.14. The Labute approximate surface area is 146 Å². The van der Waals surface area contributed by atoms with Crippen molar-refractivity contribution in [2.75, 3.05) is 36.4 Å². The predicted octanol–water partition coefficient (Wildman–Crippen LogP) is 2.77. The van der Waals surface area contributed by atoms with E-state index in [1.165, 1.54) is 0 Å². The first-order valence-electron chi connectivity index (χ1n) is 7.89. The SMILES string of the molecule is Cc1cc(N2CCN(C=O)CC2)nc(Nc2cccc(Cl)c2C)n1. The highest BCUT2D eigenvalue weighted by molar-refractivity contribution is 6.31. The van der Waals surface area contributed by atoms with E-state index in [9.17, 15) is 4.79 Å². The number of aryl methyl sites for hydroxylation is 1. The van der Waals surface area contributed by atoms with Crippen molar-refractivity contribution < 1.29 is 4.79 Å². The van der Waals surface area contributed by atoms with E-state index in [2.05, 4.69) is 20.2 Å². The Balaban J connectivity index is 1.81. The Morgan fingerprint density at radius 1 is 1.17 bits per heavy atom. The van der Waals surface area contributed by atoms with Gasteiger partial charge in [0.1, 0.15) is 5.82 Å². The fourth-order valence-electron chi connectivity index (χ4n) is 2.69. The number of carbonyl (C=O) groups excluding carboxylic acids is 1. The van der Waals surface area contributed by atoms with Gasteiger partial charge in [-0.1, -0.05) is 17.7 Å². The zero-order chi connectivity index (χ0) is 17.1. The molecule has 0 radical (unpaired) electrons. The molecule has 126 valence electrons. The van der Waals surface area contributed by atoms with Crippen LogP contribution in [0.3, 0.4) is 0 Å². The first kappa shape index (κ1) is 16.5. The van der Waals surface area contributed by atoms with Gasteiger partial charge in [-0.05, 0) is 31.5 Å². The summed E-state index contributed by atoms with van der Waals surface area (Å²) in [5.41, 5.74) is 2.75. The molecule has 7 heteroatoms. The second-order valence-electron chi connectivity index (χ2n) is 5.86. The van der Waals surface area contributed by atoms with E-state index in [1.807, 2.05) is 38.1 Å². The van der Waals surface area contributed by atoms with Gasteiger partial charge in [-0.3, -0.25) is 4.79 Å². The normalized spacial score (nSPS) is 14.6. The maximum Gasteiger partial charge on any atom is 0.229 e. The summed E-state index contributed by atoms with van der Waals surface area (Å²) in [6.45, 7) is 6.87. The molecule has 0 atom stereocenters. The van der Waals surface area contributed by atoms with Crippen LogP contribution in [0.4, 0.5) is 17.5 Å². The molecule has 1 aromatic carbocycles. The highest BCUT2D eigenvalue weighted by Gasteiger charge is 2.18. The quantitative estimate of drug-likeness (QED) is 0.863. The van der Waals surface area contributed by atoms with Gasteiger partial charge in [0.15, 0.2) is 0 Å². The van der Waals surface area contributed by atoms with Gasteiger partial charge in [-0.15, -0.1) is 0 Å². The first-order valence-corrected chi connectivity index (χ1v) is 8.27. The lowest BCUT2D eigenvalue weighted by atomic mass is 10.2. The molecular weight excluding hydrogens is 326 g/mol. The van der Waals surface area contributed by atoms with Gasteiger partial charge in [0.2, 0.25) is 12.4 Å². The number of benzene rings is 1. The lowest BCUT2D eigenvalue weighted by Gasteiger charge is -2.33. The number of carbonyl (C=O) groups is 1. The molecule has 1 aliphatic rings. The Bertz CT molecular complexity index is 744. The van der Waals surface area contributed by atoms with Gasteiger partial charge < -0.3 is 15.1 Å². The van der Waals surface area contributed by atoms with Gasteiger partial charge >= 0.3 is 0 Å². The van der Waals surface area contributed by atoms with Crippen LogP contribution in [0.15, 0.2) is 24.3 Å². The van der Waals surface area contributed by atoms with Gasteiger partial charge in [-0.25, -0.2) is 4.98 Å². The molecule has 1 saturated heterocycles. The van der Waals surface area contributed by atoms with Crippen molar-refractivity contribution in [1.29, 1.82) is 0 Å². The Hall–Kier alpha value is -2.34. The van der Waals surface area contributed by atoms with Crippen molar-refractivity contribution in [3.8, 4) is 0 Å². The lowest BCUT2D eigenvalue weighted by molar-refractivity contribution is -0.118. The summed E-state index contributed by atoms with van der Waals surface area (Å²) in [7, 11) is 0. The van der Waals surface area contributed by atoms with Gasteiger partial charge in [-0.2, -0.15) is 4.98 Å². The highest BCUT2D eigenvalue weighted by atomic mass is 35.5. The van der Waals surface area contributed by atoms with Crippen LogP contribution in [-0.4, -0.2) is 47.5 Å². The zero-order valence-electron chi connectivity index (χ0n) is 13.8. The number of aromatic nitrogens is 2. The van der Waals surface area contributed by atoms with Crippen LogP contribution in [0.1, 0.15) is 11.3 Å². The summed E-state index contributed by atoms with van der Waals surface area (Å²) in [6.07, 6.45) is 0.900. The molecule has 1 fully saturated rings. The van der Waals surface area contributed by atoms with Crippen LogP contribution in [0.2, 0.25) is 5.02 Å². The molecule has 0 aliphatic carbocycles. The van der Waals surface area contributed by atoms with E-state index in [1.54, 1.807) is 4.90 Å². The second kappa shape index (κ2) is 7.05. The Kier molecular flexibility index (Phi) is 4.85. The maximum absolute atomic E-state index is 10.8. The number of nitrogens with zero attached hydrogens (tertiary/aromatic N) is 4. The van der Waals surface area contributed by atoms with E-state index in [-0.39, 0.29) is 0 Å². The van der Waals surface area contributed by atoms with Crippen LogP contribution < -0.4 is 10.2 Å². The zero-order valence-corrected chi connectivity index (χ0v) is 14.5. The van der Waals surface area contributed by atoms with E-state index < -0.39 is 0 Å². The van der Waals surface area contributed by atoms with Crippen molar-refractivity contribution in [3.63, 3.8) is 0 Å². The molecule has 6 nitrogen and oxygen atoms in total. The molecule has 0 bridgehead atoms. The minimum absolute atomic E-state index is 0.549. The number of halogens is 1. The molecular formula is C17H20ClN5O. The summed E-state index contributed by atoms with van der Waals surface area (Å²) < 4.78 is 0. The van der Waals surface area contributed by atoms with Crippen LogP contribution in [0.5, 0.6) is 0 Å². The topological polar surface area (TPSA) is 61.4 Å². The smallest absolute Gasteiger partial charge is 0.229 e. The fourth-order valence-corrected chi connectivity index (χ4v) is 2.86. The summed E-state index contributed by atoms with van der Waals surface area (Å²) in [4.78, 5) is 23.9. The average molecular weight is 346 g/mol. The van der Waals surface area contributed by atoms with Crippen molar-refractivity contribution in [2.45, 2.75) is 13.8 Å². The van der Waals surface area contributed by atoms with E-state index in [0.717, 1.165) is 42.3 Å². The third kappa shape index (κ3) is 3.59. The Morgan fingerprint density at radius 2 is 1.92 bits per heavy atom. The van der Waals surface area contributed by atoms with Crippen LogP contribution in [0.25, 0.3) is 0 Å². The molecule has 24 heavy (non-hydrogen) atoms. The molecule has 0 unspecified atom stereocenters. The van der Waals surface area contributed by atoms with Crippen LogP contribution >= 0.6 is 11.6 Å². The molecule has 1 aromatic heterocycles. The lowest BCUT2D eigenvalue weighted by Crippen LogP contribution is -2.46. The first-order chi connectivity index (χ1) is 11.6. The molecule has 2 heterocycles. The molecule has 3 rings (SSSR count). The van der Waals surface area contributed by atoms with Gasteiger partial charge in [0.05, 0.1) is 0 Å². The molecule has 1 N–H and O–H groups in total. The Morgan fingerprint density at radius 3 is 2.62 bits per heavy atom. The summed E-state index contributed by atoms with van der Waals surface area (Å²) in [5, 5.41) is 3.96. The fraction of sp³-hybridized carbons (Fsp3) is 0.353. The average Bonchev–Trinajstić information content (AvgIpc) is 2.58. The summed E-state index contributed by atoms with van der Waals surface area (Å²) in [6, 6.07) is 7.67. The third-order valence-corrected chi connectivity index (χ3v) is 4.55. The molecule has 1 aliphatic heterocycles. The predicted molar refractivity (Wildman–Crippen MR) is 96.1 cm³/mol.